The molecule has 0 heterocycles. The van der Waals surface area contributed by atoms with Crippen LogP contribution in [-0.4, -0.2) is 20.4 Å². The predicted octanol–water partition coefficient (Wildman–Crippen LogP) is 2.21. The Hall–Kier alpha value is -1.40. The molecule has 6 heteroatoms. The van der Waals surface area contributed by atoms with E-state index in [2.05, 4.69) is 19.2 Å². The molecular weight excluding hydrogens is 312 g/mol. The van der Waals surface area contributed by atoms with Gasteiger partial charge in [0.2, 0.25) is 15.9 Å². The number of primary sulfonamides is 1. The molecule has 1 fully saturated rings. The Morgan fingerprint density at radius 1 is 1.22 bits per heavy atom. The second-order valence-electron chi connectivity index (χ2n) is 6.63. The minimum absolute atomic E-state index is 0.0615. The van der Waals surface area contributed by atoms with Crippen LogP contribution in [0.2, 0.25) is 0 Å². The summed E-state index contributed by atoms with van der Waals surface area (Å²) < 4.78 is 22.4. The van der Waals surface area contributed by atoms with Gasteiger partial charge in [-0.3, -0.25) is 4.79 Å². The van der Waals surface area contributed by atoms with E-state index in [9.17, 15) is 13.2 Å². The Morgan fingerprint density at radius 3 is 2.48 bits per heavy atom. The Kier molecular flexibility index (Phi) is 5.81. The zero-order valence-electron chi connectivity index (χ0n) is 13.8. The van der Waals surface area contributed by atoms with Crippen LogP contribution in [-0.2, 0) is 21.2 Å². The monoisotopic (exact) mass is 338 g/mol. The molecule has 5 nitrogen and oxygen atoms in total. The van der Waals surface area contributed by atoms with Gasteiger partial charge in [0, 0.05) is 12.5 Å². The number of nitrogens with one attached hydrogen (secondary N) is 1. The third-order valence-electron chi connectivity index (χ3n) is 4.95. The van der Waals surface area contributed by atoms with Gasteiger partial charge in [0.25, 0.3) is 0 Å². The summed E-state index contributed by atoms with van der Waals surface area (Å²) in [4.78, 5) is 12.2. The SMILES string of the molecule is C[C@@H]1[C@H](C)CCC[C@H]1NC(=O)CCc1ccc(S(N)(=O)=O)cc1. The summed E-state index contributed by atoms with van der Waals surface area (Å²) >= 11 is 0. The second kappa shape index (κ2) is 7.45. The van der Waals surface area contributed by atoms with Gasteiger partial charge in [-0.05, 0) is 42.4 Å². The van der Waals surface area contributed by atoms with Crippen LogP contribution < -0.4 is 10.5 Å². The van der Waals surface area contributed by atoms with E-state index in [0.717, 1.165) is 12.0 Å². The minimum atomic E-state index is -3.66. The van der Waals surface area contributed by atoms with Crippen molar-refractivity contribution in [2.24, 2.45) is 17.0 Å². The lowest BCUT2D eigenvalue weighted by Gasteiger charge is -2.34. The lowest BCUT2D eigenvalue weighted by molar-refractivity contribution is -0.122. The minimum Gasteiger partial charge on any atom is -0.353 e. The Balaban J connectivity index is 1.84. The summed E-state index contributed by atoms with van der Waals surface area (Å²) in [6.45, 7) is 4.46. The van der Waals surface area contributed by atoms with E-state index >= 15 is 0 Å². The maximum atomic E-state index is 12.1. The number of carbonyl (C=O) groups is 1. The zero-order valence-corrected chi connectivity index (χ0v) is 14.6. The summed E-state index contributed by atoms with van der Waals surface area (Å²) in [6.07, 6.45) is 4.47. The average molecular weight is 338 g/mol. The van der Waals surface area contributed by atoms with Crippen LogP contribution in [0.15, 0.2) is 29.2 Å². The molecule has 0 aromatic heterocycles. The molecule has 128 valence electrons. The van der Waals surface area contributed by atoms with E-state index in [4.69, 9.17) is 5.14 Å². The number of benzene rings is 1. The van der Waals surface area contributed by atoms with E-state index in [1.165, 1.54) is 25.0 Å². The molecule has 1 aromatic rings. The van der Waals surface area contributed by atoms with Crippen molar-refractivity contribution in [2.75, 3.05) is 0 Å². The van der Waals surface area contributed by atoms with Gasteiger partial charge in [0.15, 0.2) is 0 Å². The van der Waals surface area contributed by atoms with E-state index in [0.29, 0.717) is 24.7 Å². The number of carbonyl (C=O) groups excluding carboxylic acids is 1. The van der Waals surface area contributed by atoms with E-state index < -0.39 is 10.0 Å². The van der Waals surface area contributed by atoms with Crippen LogP contribution in [0, 0.1) is 11.8 Å². The largest absolute Gasteiger partial charge is 0.353 e. The van der Waals surface area contributed by atoms with Crippen LogP contribution in [0.5, 0.6) is 0 Å². The molecule has 0 spiro atoms. The van der Waals surface area contributed by atoms with Crippen molar-refractivity contribution in [3.8, 4) is 0 Å². The smallest absolute Gasteiger partial charge is 0.238 e. The third kappa shape index (κ3) is 5.04. The highest BCUT2D eigenvalue weighted by atomic mass is 32.2. The number of hydrogen-bond donors (Lipinski definition) is 2. The summed E-state index contributed by atoms with van der Waals surface area (Å²) in [5.41, 5.74) is 0.928. The molecule has 0 unspecified atom stereocenters. The Bertz CT molecular complexity index is 640. The number of rotatable bonds is 5. The fourth-order valence-corrected chi connectivity index (χ4v) is 3.68. The molecule has 1 saturated carbocycles. The first kappa shape index (κ1) is 17.9. The molecule has 23 heavy (non-hydrogen) atoms. The highest BCUT2D eigenvalue weighted by Gasteiger charge is 2.27. The number of amides is 1. The van der Waals surface area contributed by atoms with Crippen LogP contribution in [0.25, 0.3) is 0 Å². The summed E-state index contributed by atoms with van der Waals surface area (Å²) in [7, 11) is -3.66. The maximum absolute atomic E-state index is 12.1. The van der Waals surface area contributed by atoms with Crippen molar-refractivity contribution < 1.29 is 13.2 Å². The lowest BCUT2D eigenvalue weighted by atomic mass is 9.78. The molecule has 0 bridgehead atoms. The first-order chi connectivity index (χ1) is 10.8. The molecule has 2 rings (SSSR count). The molecule has 0 saturated heterocycles. The Morgan fingerprint density at radius 2 is 1.87 bits per heavy atom. The van der Waals surface area contributed by atoms with Crippen molar-refractivity contribution in [1.29, 1.82) is 0 Å². The first-order valence-corrected chi connectivity index (χ1v) is 9.73. The van der Waals surface area contributed by atoms with Crippen molar-refractivity contribution in [1.82, 2.24) is 5.32 Å². The topological polar surface area (TPSA) is 89.3 Å². The first-order valence-electron chi connectivity index (χ1n) is 8.18. The van der Waals surface area contributed by atoms with Crippen LogP contribution in [0.4, 0.5) is 0 Å². The van der Waals surface area contributed by atoms with Gasteiger partial charge in [-0.15, -0.1) is 0 Å². The van der Waals surface area contributed by atoms with E-state index in [1.807, 2.05) is 0 Å². The van der Waals surface area contributed by atoms with Crippen molar-refractivity contribution in [3.63, 3.8) is 0 Å². The summed E-state index contributed by atoms with van der Waals surface area (Å²) in [6, 6.07) is 6.65. The van der Waals surface area contributed by atoms with Gasteiger partial charge in [-0.2, -0.15) is 0 Å². The van der Waals surface area contributed by atoms with E-state index in [1.54, 1.807) is 12.1 Å². The van der Waals surface area contributed by atoms with E-state index in [-0.39, 0.29) is 16.8 Å². The van der Waals surface area contributed by atoms with Gasteiger partial charge in [0.05, 0.1) is 4.90 Å². The molecule has 0 radical (unpaired) electrons. The highest BCUT2D eigenvalue weighted by molar-refractivity contribution is 7.89. The molecule has 1 amide bonds. The average Bonchev–Trinajstić information content (AvgIpc) is 2.49. The molecule has 1 aromatic carbocycles. The molecule has 3 atom stereocenters. The quantitative estimate of drug-likeness (QED) is 0.862. The van der Waals surface area contributed by atoms with Gasteiger partial charge < -0.3 is 5.32 Å². The van der Waals surface area contributed by atoms with Crippen LogP contribution in [0.3, 0.4) is 0 Å². The van der Waals surface area contributed by atoms with Gasteiger partial charge in [-0.1, -0.05) is 38.8 Å². The molecule has 0 aliphatic heterocycles. The lowest BCUT2D eigenvalue weighted by Crippen LogP contribution is -2.43. The maximum Gasteiger partial charge on any atom is 0.238 e. The van der Waals surface area contributed by atoms with Crippen LogP contribution in [0.1, 0.15) is 45.1 Å². The fourth-order valence-electron chi connectivity index (χ4n) is 3.17. The van der Waals surface area contributed by atoms with Gasteiger partial charge in [0.1, 0.15) is 0 Å². The third-order valence-corrected chi connectivity index (χ3v) is 5.88. The summed E-state index contributed by atoms with van der Waals surface area (Å²) in [5, 5.41) is 8.22. The Labute approximate surface area is 138 Å². The zero-order chi connectivity index (χ0) is 17.0. The number of hydrogen-bond acceptors (Lipinski definition) is 3. The number of sulfonamides is 1. The van der Waals surface area contributed by atoms with Gasteiger partial charge >= 0.3 is 0 Å². The highest BCUT2D eigenvalue weighted by Crippen LogP contribution is 2.29. The second-order valence-corrected chi connectivity index (χ2v) is 8.19. The van der Waals surface area contributed by atoms with Crippen molar-refractivity contribution in [2.45, 2.75) is 56.9 Å². The van der Waals surface area contributed by atoms with Gasteiger partial charge in [-0.25, -0.2) is 13.6 Å². The number of aryl methyl sites for hydroxylation is 1. The summed E-state index contributed by atoms with van der Waals surface area (Å²) in [5.74, 6) is 1.23. The molecule has 1 aliphatic carbocycles. The number of nitrogens with two attached hydrogens (primary N) is 1. The fraction of sp³-hybridized carbons (Fsp3) is 0.588. The molecular formula is C17H26N2O3S. The predicted molar refractivity (Wildman–Crippen MR) is 90.2 cm³/mol. The standard InChI is InChI=1S/C17H26N2O3S/c1-12-4-3-5-16(13(12)2)19-17(20)11-8-14-6-9-15(10-7-14)23(18,21)22/h6-7,9-10,12-13,16H,3-5,8,11H2,1-2H3,(H,19,20)(H2,18,21,22)/t12-,13-,16-/m1/s1. The molecule has 3 N–H and O–H groups in total. The normalized spacial score (nSPS) is 25.1. The van der Waals surface area contributed by atoms with Crippen LogP contribution >= 0.6 is 0 Å². The molecule has 1 aliphatic rings. The van der Waals surface area contributed by atoms with Crippen molar-refractivity contribution in [3.05, 3.63) is 29.8 Å². The van der Waals surface area contributed by atoms with Crippen molar-refractivity contribution >= 4 is 15.9 Å².